The number of carbonyl (C=O) groups is 1. The van der Waals surface area contributed by atoms with Crippen molar-refractivity contribution in [1.82, 2.24) is 0 Å². The minimum atomic E-state index is -0.733. The van der Waals surface area contributed by atoms with Crippen molar-refractivity contribution in [2.24, 2.45) is 17.8 Å². The molecule has 2 fully saturated rings. The van der Waals surface area contributed by atoms with Crippen LogP contribution in [0.2, 0.25) is 0 Å². The summed E-state index contributed by atoms with van der Waals surface area (Å²) < 4.78 is 0. The third-order valence-corrected chi connectivity index (χ3v) is 4.47. The number of hydrogen-bond acceptors (Lipinski definition) is 2. The number of fused-ring (bicyclic) bond motifs is 1. The third-order valence-electron chi connectivity index (χ3n) is 4.47. The molecular formula is C13H20O2. The van der Waals surface area contributed by atoms with Crippen LogP contribution in [0.5, 0.6) is 0 Å². The van der Waals surface area contributed by atoms with Crippen molar-refractivity contribution in [3.05, 3.63) is 12.7 Å². The van der Waals surface area contributed by atoms with Crippen molar-refractivity contribution >= 4 is 5.78 Å². The molecule has 2 saturated carbocycles. The second-order valence-electron chi connectivity index (χ2n) is 5.22. The largest absolute Gasteiger partial charge is 0.385 e. The van der Waals surface area contributed by atoms with Crippen molar-refractivity contribution < 1.29 is 9.90 Å². The summed E-state index contributed by atoms with van der Waals surface area (Å²) in [7, 11) is 0. The summed E-state index contributed by atoms with van der Waals surface area (Å²) in [6, 6.07) is 0. The molecule has 2 nitrogen and oxygen atoms in total. The van der Waals surface area contributed by atoms with Crippen LogP contribution in [0.1, 0.15) is 39.0 Å². The standard InChI is InChI=1S/C13H20O2/c1-3-13(15)9(2)4-5-10-8-11(14)6-7-12(10)13/h3,9-10,12,15H,1,4-8H2,2H3/t9?,10?,12?,13-/m0/s1. The number of aliphatic hydroxyl groups is 1. The van der Waals surface area contributed by atoms with Crippen LogP contribution in [0.15, 0.2) is 12.7 Å². The van der Waals surface area contributed by atoms with E-state index in [1.807, 2.05) is 0 Å². The van der Waals surface area contributed by atoms with Crippen LogP contribution in [-0.4, -0.2) is 16.5 Å². The van der Waals surface area contributed by atoms with E-state index in [-0.39, 0.29) is 11.8 Å². The van der Waals surface area contributed by atoms with Crippen molar-refractivity contribution in [1.29, 1.82) is 0 Å². The van der Waals surface area contributed by atoms with E-state index in [0.717, 1.165) is 19.3 Å². The number of hydrogen-bond donors (Lipinski definition) is 1. The fourth-order valence-electron chi connectivity index (χ4n) is 3.41. The highest BCUT2D eigenvalue weighted by molar-refractivity contribution is 5.79. The second kappa shape index (κ2) is 3.75. The van der Waals surface area contributed by atoms with E-state index >= 15 is 0 Å². The number of carbonyl (C=O) groups excluding carboxylic acids is 1. The van der Waals surface area contributed by atoms with Gasteiger partial charge in [0.15, 0.2) is 0 Å². The van der Waals surface area contributed by atoms with Crippen LogP contribution in [0.3, 0.4) is 0 Å². The topological polar surface area (TPSA) is 37.3 Å². The zero-order valence-electron chi connectivity index (χ0n) is 9.41. The fraction of sp³-hybridized carbons (Fsp3) is 0.769. The molecule has 0 spiro atoms. The molecule has 1 N–H and O–H groups in total. The summed E-state index contributed by atoms with van der Waals surface area (Å²) in [6.45, 7) is 5.87. The predicted molar refractivity (Wildman–Crippen MR) is 59.4 cm³/mol. The molecule has 0 amide bonds. The molecule has 2 aliphatic carbocycles. The monoisotopic (exact) mass is 208 g/mol. The Balaban J connectivity index is 2.23. The first-order valence-electron chi connectivity index (χ1n) is 5.95. The zero-order chi connectivity index (χ0) is 11.1. The van der Waals surface area contributed by atoms with Crippen molar-refractivity contribution in [2.75, 3.05) is 0 Å². The SMILES string of the molecule is C=C[C@]1(O)C(C)CCC2CC(=O)CCC21. The van der Waals surface area contributed by atoms with Gasteiger partial charge in [-0.25, -0.2) is 0 Å². The second-order valence-corrected chi connectivity index (χ2v) is 5.22. The predicted octanol–water partition coefficient (Wildman–Crippen LogP) is 2.32. The van der Waals surface area contributed by atoms with Crippen molar-refractivity contribution in [2.45, 2.75) is 44.6 Å². The lowest BCUT2D eigenvalue weighted by atomic mass is 9.59. The molecule has 2 rings (SSSR count). The van der Waals surface area contributed by atoms with Crippen LogP contribution >= 0.6 is 0 Å². The van der Waals surface area contributed by atoms with E-state index in [0.29, 0.717) is 24.5 Å². The molecule has 0 heterocycles. The van der Waals surface area contributed by atoms with E-state index in [1.165, 1.54) is 0 Å². The smallest absolute Gasteiger partial charge is 0.133 e. The molecular weight excluding hydrogens is 188 g/mol. The molecule has 0 bridgehead atoms. The first-order valence-corrected chi connectivity index (χ1v) is 5.95. The molecule has 2 heteroatoms. The highest BCUT2D eigenvalue weighted by atomic mass is 16.3. The maximum Gasteiger partial charge on any atom is 0.133 e. The Morgan fingerprint density at radius 3 is 2.87 bits per heavy atom. The minimum absolute atomic E-state index is 0.261. The van der Waals surface area contributed by atoms with Gasteiger partial charge in [0, 0.05) is 12.8 Å². The molecule has 0 aromatic rings. The van der Waals surface area contributed by atoms with Crippen LogP contribution in [0.4, 0.5) is 0 Å². The van der Waals surface area contributed by atoms with Gasteiger partial charge in [0.2, 0.25) is 0 Å². The van der Waals surface area contributed by atoms with Gasteiger partial charge in [-0.15, -0.1) is 6.58 Å². The Morgan fingerprint density at radius 2 is 2.20 bits per heavy atom. The molecule has 0 aromatic carbocycles. The molecule has 0 saturated heterocycles. The van der Waals surface area contributed by atoms with Gasteiger partial charge in [-0.3, -0.25) is 4.79 Å². The summed E-state index contributed by atoms with van der Waals surface area (Å²) in [4.78, 5) is 11.4. The van der Waals surface area contributed by atoms with E-state index in [9.17, 15) is 9.90 Å². The molecule has 4 atom stereocenters. The van der Waals surface area contributed by atoms with E-state index < -0.39 is 5.60 Å². The summed E-state index contributed by atoms with van der Waals surface area (Å²) >= 11 is 0. The van der Waals surface area contributed by atoms with E-state index in [2.05, 4.69) is 13.5 Å². The third kappa shape index (κ3) is 1.65. The van der Waals surface area contributed by atoms with Gasteiger partial charge < -0.3 is 5.11 Å². The summed E-state index contributed by atoms with van der Waals surface area (Å²) in [6.07, 6.45) is 5.98. The van der Waals surface area contributed by atoms with E-state index in [1.54, 1.807) is 6.08 Å². The van der Waals surface area contributed by atoms with Gasteiger partial charge in [0.05, 0.1) is 5.60 Å². The molecule has 0 aromatic heterocycles. The molecule has 2 aliphatic rings. The van der Waals surface area contributed by atoms with Crippen LogP contribution in [-0.2, 0) is 4.79 Å². The lowest BCUT2D eigenvalue weighted by molar-refractivity contribution is -0.132. The maximum atomic E-state index is 11.4. The Labute approximate surface area is 91.4 Å². The van der Waals surface area contributed by atoms with Gasteiger partial charge in [0.1, 0.15) is 5.78 Å². The highest BCUT2D eigenvalue weighted by Gasteiger charge is 2.48. The minimum Gasteiger partial charge on any atom is -0.385 e. The van der Waals surface area contributed by atoms with Gasteiger partial charge in [-0.1, -0.05) is 13.0 Å². The van der Waals surface area contributed by atoms with Gasteiger partial charge in [-0.2, -0.15) is 0 Å². The van der Waals surface area contributed by atoms with Crippen molar-refractivity contribution in [3.8, 4) is 0 Å². The first-order chi connectivity index (χ1) is 7.08. The normalized spacial score (nSPS) is 46.0. The lowest BCUT2D eigenvalue weighted by Crippen LogP contribution is -2.51. The van der Waals surface area contributed by atoms with Crippen LogP contribution in [0, 0.1) is 17.8 Å². The molecule has 84 valence electrons. The lowest BCUT2D eigenvalue weighted by Gasteiger charge is -2.49. The first kappa shape index (κ1) is 10.9. The molecule has 0 aliphatic heterocycles. The maximum absolute atomic E-state index is 11.4. The molecule has 15 heavy (non-hydrogen) atoms. The summed E-state index contributed by atoms with van der Waals surface area (Å²) in [5, 5.41) is 10.6. The Bertz CT molecular complexity index is 284. The fourth-order valence-corrected chi connectivity index (χ4v) is 3.41. The van der Waals surface area contributed by atoms with Crippen LogP contribution < -0.4 is 0 Å². The summed E-state index contributed by atoms with van der Waals surface area (Å²) in [5.41, 5.74) is -0.733. The number of Topliss-reactive ketones (excluding diaryl/α,β-unsaturated/α-hetero) is 1. The van der Waals surface area contributed by atoms with E-state index in [4.69, 9.17) is 0 Å². The average Bonchev–Trinajstić information content (AvgIpc) is 2.23. The Kier molecular flexibility index (Phi) is 2.72. The molecule has 0 radical (unpaired) electrons. The summed E-state index contributed by atoms with van der Waals surface area (Å²) in [5.74, 6) is 1.31. The number of ketones is 1. The Morgan fingerprint density at radius 1 is 1.47 bits per heavy atom. The van der Waals surface area contributed by atoms with Crippen LogP contribution in [0.25, 0.3) is 0 Å². The number of rotatable bonds is 1. The van der Waals surface area contributed by atoms with Gasteiger partial charge >= 0.3 is 0 Å². The molecule has 3 unspecified atom stereocenters. The van der Waals surface area contributed by atoms with Crippen molar-refractivity contribution in [3.63, 3.8) is 0 Å². The average molecular weight is 208 g/mol. The highest BCUT2D eigenvalue weighted by Crippen LogP contribution is 2.48. The van der Waals surface area contributed by atoms with Gasteiger partial charge in [0.25, 0.3) is 0 Å². The zero-order valence-corrected chi connectivity index (χ0v) is 9.41. The van der Waals surface area contributed by atoms with Gasteiger partial charge in [-0.05, 0) is 37.0 Å². The Hall–Kier alpha value is -0.630. The quantitative estimate of drug-likeness (QED) is 0.671.